The Morgan fingerprint density at radius 3 is 2.25 bits per heavy atom. The maximum atomic E-state index is 3.71. The van der Waals surface area contributed by atoms with Gasteiger partial charge < -0.3 is 10.2 Å². The van der Waals surface area contributed by atoms with Gasteiger partial charge in [0.15, 0.2) is 0 Å². The summed E-state index contributed by atoms with van der Waals surface area (Å²) in [5.74, 6) is 0.933. The lowest BCUT2D eigenvalue weighted by atomic mass is 9.89. The monoisotopic (exact) mass is 226 g/mol. The molecule has 0 amide bonds. The Balaban J connectivity index is 2.39. The van der Waals surface area contributed by atoms with Crippen LogP contribution in [0.1, 0.15) is 51.9 Å². The van der Waals surface area contributed by atoms with Gasteiger partial charge in [-0.3, -0.25) is 0 Å². The second-order valence-electron chi connectivity index (χ2n) is 5.51. The first-order valence-corrected chi connectivity index (χ1v) is 7.12. The second-order valence-corrected chi connectivity index (χ2v) is 5.51. The van der Waals surface area contributed by atoms with E-state index in [1.54, 1.807) is 0 Å². The summed E-state index contributed by atoms with van der Waals surface area (Å²) in [5.41, 5.74) is 0. The third kappa shape index (κ3) is 5.31. The fraction of sp³-hybridized carbons (Fsp3) is 1.00. The van der Waals surface area contributed by atoms with E-state index in [4.69, 9.17) is 0 Å². The Morgan fingerprint density at radius 2 is 1.75 bits per heavy atom. The number of nitrogens with zero attached hydrogens (tertiary/aromatic N) is 1. The van der Waals surface area contributed by atoms with Crippen molar-refractivity contribution < 1.29 is 0 Å². The lowest BCUT2D eigenvalue weighted by Crippen LogP contribution is -2.38. The maximum Gasteiger partial charge on any atom is 0.0107 e. The predicted octanol–water partition coefficient (Wildman–Crippen LogP) is 2.89. The van der Waals surface area contributed by atoms with Crippen molar-refractivity contribution in [3.63, 3.8) is 0 Å². The highest BCUT2D eigenvalue weighted by Crippen LogP contribution is 2.26. The summed E-state index contributed by atoms with van der Waals surface area (Å²) in [6, 6.07) is 0.755. The van der Waals surface area contributed by atoms with E-state index in [-0.39, 0.29) is 0 Å². The van der Waals surface area contributed by atoms with Crippen LogP contribution in [0.2, 0.25) is 0 Å². The van der Waals surface area contributed by atoms with E-state index in [2.05, 4.69) is 31.2 Å². The summed E-state index contributed by atoms with van der Waals surface area (Å²) < 4.78 is 0. The minimum Gasteiger partial charge on any atom is -0.314 e. The summed E-state index contributed by atoms with van der Waals surface area (Å²) in [6.07, 6.45) is 10.0. The molecule has 1 aliphatic carbocycles. The molecule has 0 heterocycles. The van der Waals surface area contributed by atoms with Gasteiger partial charge in [0, 0.05) is 6.04 Å². The van der Waals surface area contributed by atoms with Gasteiger partial charge in [0.05, 0.1) is 0 Å². The molecule has 96 valence electrons. The first-order valence-electron chi connectivity index (χ1n) is 7.12. The smallest absolute Gasteiger partial charge is 0.0107 e. The third-order valence-electron chi connectivity index (χ3n) is 3.82. The van der Waals surface area contributed by atoms with Gasteiger partial charge in [-0.1, -0.05) is 32.6 Å². The van der Waals surface area contributed by atoms with Crippen LogP contribution < -0.4 is 5.32 Å². The minimum atomic E-state index is 0.755. The zero-order valence-corrected chi connectivity index (χ0v) is 11.5. The molecule has 0 aromatic carbocycles. The quantitative estimate of drug-likeness (QED) is 0.701. The van der Waals surface area contributed by atoms with Crippen molar-refractivity contribution in [3.8, 4) is 0 Å². The SMILES string of the molecule is CCNC(CCN(C)C)C1CCCCCC1. The molecular weight excluding hydrogens is 196 g/mol. The van der Waals surface area contributed by atoms with E-state index < -0.39 is 0 Å². The fourth-order valence-electron chi connectivity index (χ4n) is 2.88. The van der Waals surface area contributed by atoms with Crippen molar-refractivity contribution in [2.45, 2.75) is 57.9 Å². The predicted molar refractivity (Wildman–Crippen MR) is 71.8 cm³/mol. The van der Waals surface area contributed by atoms with E-state index in [1.165, 1.54) is 51.5 Å². The lowest BCUT2D eigenvalue weighted by Gasteiger charge is -2.28. The van der Waals surface area contributed by atoms with Crippen molar-refractivity contribution in [3.05, 3.63) is 0 Å². The van der Waals surface area contributed by atoms with Crippen molar-refractivity contribution >= 4 is 0 Å². The van der Waals surface area contributed by atoms with E-state index in [0.29, 0.717) is 0 Å². The zero-order chi connectivity index (χ0) is 11.8. The Bertz CT molecular complexity index is 160. The normalized spacial score (nSPS) is 21.0. The molecule has 1 atom stereocenters. The molecule has 0 bridgehead atoms. The number of nitrogens with one attached hydrogen (secondary N) is 1. The standard InChI is InChI=1S/C14H30N2/c1-4-15-14(11-12-16(2)3)13-9-7-5-6-8-10-13/h13-15H,4-12H2,1-3H3. The summed E-state index contributed by atoms with van der Waals surface area (Å²) in [6.45, 7) is 4.57. The topological polar surface area (TPSA) is 15.3 Å². The zero-order valence-electron chi connectivity index (χ0n) is 11.5. The number of rotatable bonds is 6. The van der Waals surface area contributed by atoms with Gasteiger partial charge in [-0.25, -0.2) is 0 Å². The van der Waals surface area contributed by atoms with Crippen LogP contribution in [0.4, 0.5) is 0 Å². The fourth-order valence-corrected chi connectivity index (χ4v) is 2.88. The van der Waals surface area contributed by atoms with E-state index in [0.717, 1.165) is 18.5 Å². The highest BCUT2D eigenvalue weighted by atomic mass is 15.1. The highest BCUT2D eigenvalue weighted by Gasteiger charge is 2.21. The molecule has 1 saturated carbocycles. The van der Waals surface area contributed by atoms with E-state index in [1.807, 2.05) is 0 Å². The van der Waals surface area contributed by atoms with E-state index >= 15 is 0 Å². The first-order chi connectivity index (χ1) is 7.74. The van der Waals surface area contributed by atoms with Gasteiger partial charge in [0.25, 0.3) is 0 Å². The van der Waals surface area contributed by atoms with Crippen LogP contribution in [0.5, 0.6) is 0 Å². The van der Waals surface area contributed by atoms with Gasteiger partial charge in [-0.2, -0.15) is 0 Å². The number of hydrogen-bond acceptors (Lipinski definition) is 2. The summed E-state index contributed by atoms with van der Waals surface area (Å²) in [7, 11) is 4.35. The van der Waals surface area contributed by atoms with Crippen LogP contribution in [0, 0.1) is 5.92 Å². The van der Waals surface area contributed by atoms with Gasteiger partial charge in [0.1, 0.15) is 0 Å². The average Bonchev–Trinajstić information content (AvgIpc) is 2.52. The molecule has 1 rings (SSSR count). The highest BCUT2D eigenvalue weighted by molar-refractivity contribution is 4.78. The van der Waals surface area contributed by atoms with Crippen LogP contribution in [-0.2, 0) is 0 Å². The molecule has 0 saturated heterocycles. The van der Waals surface area contributed by atoms with Crippen LogP contribution in [0.25, 0.3) is 0 Å². The molecule has 16 heavy (non-hydrogen) atoms. The second kappa shape index (κ2) is 8.08. The molecule has 0 aromatic heterocycles. The van der Waals surface area contributed by atoms with Crippen LogP contribution in [-0.4, -0.2) is 38.1 Å². The van der Waals surface area contributed by atoms with Crippen LogP contribution in [0.3, 0.4) is 0 Å². The molecule has 0 aromatic rings. The molecule has 0 radical (unpaired) electrons. The molecular formula is C14H30N2. The Morgan fingerprint density at radius 1 is 1.12 bits per heavy atom. The Labute approximate surface area is 102 Å². The molecule has 1 N–H and O–H groups in total. The molecule has 0 aliphatic heterocycles. The molecule has 1 aliphatic rings. The molecule has 0 spiro atoms. The molecule has 2 nitrogen and oxygen atoms in total. The third-order valence-corrected chi connectivity index (χ3v) is 3.82. The Kier molecular flexibility index (Phi) is 7.06. The summed E-state index contributed by atoms with van der Waals surface area (Å²) >= 11 is 0. The van der Waals surface area contributed by atoms with Crippen molar-refractivity contribution in [2.75, 3.05) is 27.2 Å². The van der Waals surface area contributed by atoms with Gasteiger partial charge in [0.2, 0.25) is 0 Å². The van der Waals surface area contributed by atoms with Gasteiger partial charge in [-0.05, 0) is 52.4 Å². The average molecular weight is 226 g/mol. The van der Waals surface area contributed by atoms with Crippen molar-refractivity contribution in [1.29, 1.82) is 0 Å². The Hall–Kier alpha value is -0.0800. The first kappa shape index (κ1) is 14.0. The van der Waals surface area contributed by atoms with Crippen molar-refractivity contribution in [2.24, 2.45) is 5.92 Å². The lowest BCUT2D eigenvalue weighted by molar-refractivity contribution is 0.276. The van der Waals surface area contributed by atoms with Gasteiger partial charge >= 0.3 is 0 Å². The minimum absolute atomic E-state index is 0.755. The van der Waals surface area contributed by atoms with E-state index in [9.17, 15) is 0 Å². The van der Waals surface area contributed by atoms with Crippen LogP contribution >= 0.6 is 0 Å². The summed E-state index contributed by atoms with van der Waals surface area (Å²) in [4.78, 5) is 2.31. The molecule has 1 unspecified atom stereocenters. The number of hydrogen-bond donors (Lipinski definition) is 1. The molecule has 2 heteroatoms. The van der Waals surface area contributed by atoms with Crippen LogP contribution in [0.15, 0.2) is 0 Å². The summed E-state index contributed by atoms with van der Waals surface area (Å²) in [5, 5.41) is 3.71. The van der Waals surface area contributed by atoms with Crippen molar-refractivity contribution in [1.82, 2.24) is 10.2 Å². The molecule has 1 fully saturated rings. The van der Waals surface area contributed by atoms with Gasteiger partial charge in [-0.15, -0.1) is 0 Å². The maximum absolute atomic E-state index is 3.71. The largest absolute Gasteiger partial charge is 0.314 e.